The number of aliphatic hydroxyl groups is 2. The van der Waals surface area contributed by atoms with Crippen LogP contribution >= 0.6 is 0 Å². The van der Waals surface area contributed by atoms with Gasteiger partial charge in [0.05, 0.1) is 6.10 Å². The Kier molecular flexibility index (Phi) is 6.22. The maximum absolute atomic E-state index is 9.46. The van der Waals surface area contributed by atoms with Crippen LogP contribution in [-0.4, -0.2) is 47.5 Å². The zero-order valence-electron chi connectivity index (χ0n) is 9.86. The average Bonchev–Trinajstić information content (AvgIpc) is 2.66. The summed E-state index contributed by atoms with van der Waals surface area (Å²) in [4.78, 5) is 2.45. The second kappa shape index (κ2) is 7.20. The Bertz CT molecular complexity index is 162. The molecule has 0 amide bonds. The summed E-state index contributed by atoms with van der Waals surface area (Å²) in [7, 11) is 0. The van der Waals surface area contributed by atoms with Gasteiger partial charge in [0.25, 0.3) is 0 Å². The van der Waals surface area contributed by atoms with Crippen LogP contribution in [0, 0.1) is 5.92 Å². The molecule has 0 aromatic rings. The highest BCUT2D eigenvalue weighted by atomic mass is 16.3. The number of hydrogen-bond acceptors (Lipinski definition) is 3. The maximum atomic E-state index is 9.46. The van der Waals surface area contributed by atoms with Crippen molar-refractivity contribution in [1.29, 1.82) is 0 Å². The molecule has 2 unspecified atom stereocenters. The van der Waals surface area contributed by atoms with Crippen LogP contribution in [0.25, 0.3) is 0 Å². The molecule has 1 aliphatic heterocycles. The van der Waals surface area contributed by atoms with E-state index in [4.69, 9.17) is 5.11 Å². The number of nitrogens with zero attached hydrogens (tertiary/aromatic N) is 1. The van der Waals surface area contributed by atoms with Crippen LogP contribution in [0.4, 0.5) is 0 Å². The predicted molar refractivity (Wildman–Crippen MR) is 61.8 cm³/mol. The fraction of sp³-hybridized carbons (Fsp3) is 1.00. The van der Waals surface area contributed by atoms with E-state index in [1.165, 1.54) is 12.8 Å². The van der Waals surface area contributed by atoms with E-state index in [1.54, 1.807) is 0 Å². The Hall–Kier alpha value is -0.120. The summed E-state index contributed by atoms with van der Waals surface area (Å²) in [5, 5.41) is 18.1. The first-order valence-electron chi connectivity index (χ1n) is 6.25. The first kappa shape index (κ1) is 12.9. The maximum Gasteiger partial charge on any atom is 0.0552 e. The SMILES string of the molecule is CC(O)C1CCN(CCCCCCO)C1. The monoisotopic (exact) mass is 215 g/mol. The Morgan fingerprint density at radius 2 is 2.00 bits per heavy atom. The van der Waals surface area contributed by atoms with Crippen molar-refractivity contribution in [1.82, 2.24) is 4.90 Å². The topological polar surface area (TPSA) is 43.7 Å². The molecule has 15 heavy (non-hydrogen) atoms. The second-order valence-electron chi connectivity index (χ2n) is 4.73. The standard InChI is InChI=1S/C12H25NO2/c1-11(15)12-6-8-13(10-12)7-4-2-3-5-9-14/h11-12,14-15H,2-10H2,1H3. The molecule has 1 saturated heterocycles. The lowest BCUT2D eigenvalue weighted by molar-refractivity contribution is 0.127. The first-order chi connectivity index (χ1) is 7.24. The van der Waals surface area contributed by atoms with Crippen LogP contribution in [0.2, 0.25) is 0 Å². The lowest BCUT2D eigenvalue weighted by Gasteiger charge is -2.17. The van der Waals surface area contributed by atoms with Crippen LogP contribution in [0.3, 0.4) is 0 Å². The molecule has 90 valence electrons. The summed E-state index contributed by atoms with van der Waals surface area (Å²) in [6.07, 6.45) is 5.53. The van der Waals surface area contributed by atoms with Crippen molar-refractivity contribution in [3.63, 3.8) is 0 Å². The molecule has 1 heterocycles. The van der Waals surface area contributed by atoms with Gasteiger partial charge in [-0.25, -0.2) is 0 Å². The molecular formula is C12H25NO2. The molecule has 1 fully saturated rings. The zero-order valence-corrected chi connectivity index (χ0v) is 9.86. The molecule has 0 bridgehead atoms. The largest absolute Gasteiger partial charge is 0.396 e. The molecule has 0 aliphatic carbocycles. The van der Waals surface area contributed by atoms with E-state index >= 15 is 0 Å². The van der Waals surface area contributed by atoms with Gasteiger partial charge in [0, 0.05) is 13.2 Å². The minimum atomic E-state index is -0.149. The molecule has 3 heteroatoms. The molecule has 1 rings (SSSR count). The first-order valence-corrected chi connectivity index (χ1v) is 6.25. The van der Waals surface area contributed by atoms with Crippen molar-refractivity contribution in [3.05, 3.63) is 0 Å². The van der Waals surface area contributed by atoms with Crippen LogP contribution in [0.1, 0.15) is 39.0 Å². The fourth-order valence-electron chi connectivity index (χ4n) is 2.26. The summed E-state index contributed by atoms with van der Waals surface area (Å²) in [5.74, 6) is 0.488. The molecular weight excluding hydrogens is 190 g/mol. The fourth-order valence-corrected chi connectivity index (χ4v) is 2.26. The van der Waals surface area contributed by atoms with Crippen molar-refractivity contribution in [2.75, 3.05) is 26.2 Å². The van der Waals surface area contributed by atoms with Gasteiger partial charge in [-0.15, -0.1) is 0 Å². The Morgan fingerprint density at radius 3 is 2.60 bits per heavy atom. The van der Waals surface area contributed by atoms with Crippen LogP contribution in [0.15, 0.2) is 0 Å². The molecule has 0 saturated carbocycles. The third kappa shape index (κ3) is 4.96. The van der Waals surface area contributed by atoms with Gasteiger partial charge in [0.2, 0.25) is 0 Å². The quantitative estimate of drug-likeness (QED) is 0.628. The van der Waals surface area contributed by atoms with Crippen LogP contribution < -0.4 is 0 Å². The third-order valence-corrected chi connectivity index (χ3v) is 3.37. The van der Waals surface area contributed by atoms with Gasteiger partial charge in [-0.3, -0.25) is 0 Å². The molecule has 2 atom stereocenters. The minimum Gasteiger partial charge on any atom is -0.396 e. The van der Waals surface area contributed by atoms with Gasteiger partial charge in [0.15, 0.2) is 0 Å². The van der Waals surface area contributed by atoms with Gasteiger partial charge in [-0.05, 0) is 45.2 Å². The normalized spacial score (nSPS) is 24.6. The van der Waals surface area contributed by atoms with Crippen molar-refractivity contribution >= 4 is 0 Å². The predicted octanol–water partition coefficient (Wildman–Crippen LogP) is 1.24. The smallest absolute Gasteiger partial charge is 0.0552 e. The molecule has 0 radical (unpaired) electrons. The van der Waals surface area contributed by atoms with Crippen molar-refractivity contribution in [2.45, 2.75) is 45.1 Å². The van der Waals surface area contributed by atoms with Crippen LogP contribution in [0.5, 0.6) is 0 Å². The zero-order chi connectivity index (χ0) is 11.1. The van der Waals surface area contributed by atoms with E-state index in [-0.39, 0.29) is 6.10 Å². The molecule has 0 spiro atoms. The summed E-state index contributed by atoms with van der Waals surface area (Å²) in [5.41, 5.74) is 0. The number of aliphatic hydroxyl groups excluding tert-OH is 2. The Balaban J connectivity index is 1.99. The second-order valence-corrected chi connectivity index (χ2v) is 4.73. The number of likely N-dealkylation sites (tertiary alicyclic amines) is 1. The lowest BCUT2D eigenvalue weighted by atomic mass is 10.0. The van der Waals surface area contributed by atoms with Crippen molar-refractivity contribution in [3.8, 4) is 0 Å². The Labute approximate surface area is 93.1 Å². The molecule has 1 aliphatic rings. The van der Waals surface area contributed by atoms with Crippen molar-refractivity contribution in [2.24, 2.45) is 5.92 Å². The third-order valence-electron chi connectivity index (χ3n) is 3.37. The van der Waals surface area contributed by atoms with E-state index in [0.29, 0.717) is 12.5 Å². The molecule has 2 N–H and O–H groups in total. The van der Waals surface area contributed by atoms with Gasteiger partial charge < -0.3 is 15.1 Å². The summed E-state index contributed by atoms with van der Waals surface area (Å²) < 4.78 is 0. The molecule has 0 aromatic carbocycles. The lowest BCUT2D eigenvalue weighted by Crippen LogP contribution is -2.25. The highest BCUT2D eigenvalue weighted by Gasteiger charge is 2.25. The summed E-state index contributed by atoms with van der Waals surface area (Å²) >= 11 is 0. The van der Waals surface area contributed by atoms with Gasteiger partial charge in [-0.2, -0.15) is 0 Å². The van der Waals surface area contributed by atoms with Crippen LogP contribution in [-0.2, 0) is 0 Å². The highest BCUT2D eigenvalue weighted by molar-refractivity contribution is 4.78. The average molecular weight is 215 g/mol. The summed E-state index contributed by atoms with van der Waals surface area (Å²) in [6.45, 7) is 5.60. The number of rotatable bonds is 7. The van der Waals surface area contributed by atoms with E-state index in [0.717, 1.165) is 38.9 Å². The molecule has 3 nitrogen and oxygen atoms in total. The van der Waals surface area contributed by atoms with E-state index in [1.807, 2.05) is 6.92 Å². The van der Waals surface area contributed by atoms with E-state index < -0.39 is 0 Å². The highest BCUT2D eigenvalue weighted by Crippen LogP contribution is 2.19. The Morgan fingerprint density at radius 1 is 1.27 bits per heavy atom. The van der Waals surface area contributed by atoms with E-state index in [9.17, 15) is 5.11 Å². The van der Waals surface area contributed by atoms with Gasteiger partial charge >= 0.3 is 0 Å². The van der Waals surface area contributed by atoms with Crippen molar-refractivity contribution < 1.29 is 10.2 Å². The minimum absolute atomic E-state index is 0.149. The summed E-state index contributed by atoms with van der Waals surface area (Å²) in [6, 6.07) is 0. The van der Waals surface area contributed by atoms with Gasteiger partial charge in [-0.1, -0.05) is 12.8 Å². The number of unbranched alkanes of at least 4 members (excludes halogenated alkanes) is 3. The number of hydrogen-bond donors (Lipinski definition) is 2. The van der Waals surface area contributed by atoms with E-state index in [2.05, 4.69) is 4.90 Å². The van der Waals surface area contributed by atoms with Gasteiger partial charge in [0.1, 0.15) is 0 Å². The molecule has 0 aromatic heterocycles.